The summed E-state index contributed by atoms with van der Waals surface area (Å²) in [6.07, 6.45) is 2.44. The molecule has 3 heterocycles. The van der Waals surface area contributed by atoms with E-state index < -0.39 is 0 Å². The van der Waals surface area contributed by atoms with Gasteiger partial charge in [-0.25, -0.2) is 4.39 Å². The van der Waals surface area contributed by atoms with Gasteiger partial charge in [0.05, 0.1) is 24.0 Å². The summed E-state index contributed by atoms with van der Waals surface area (Å²) >= 11 is 1.64. The molecular formula is C20H23FN4OS. The van der Waals surface area contributed by atoms with Crippen LogP contribution < -0.4 is 5.43 Å². The van der Waals surface area contributed by atoms with Gasteiger partial charge in [0.25, 0.3) is 0 Å². The Balaban J connectivity index is 1.54. The molecule has 2 aliphatic heterocycles. The van der Waals surface area contributed by atoms with Crippen LogP contribution in [0.1, 0.15) is 29.8 Å². The van der Waals surface area contributed by atoms with Crippen LogP contribution in [0.25, 0.3) is 5.69 Å². The first-order valence-corrected chi connectivity index (χ1v) is 10.2. The Morgan fingerprint density at radius 2 is 2.22 bits per heavy atom. The van der Waals surface area contributed by atoms with Crippen LogP contribution in [-0.4, -0.2) is 40.5 Å². The topological polar surface area (TPSA) is 50.9 Å². The zero-order valence-corrected chi connectivity index (χ0v) is 16.4. The highest BCUT2D eigenvalue weighted by atomic mass is 32.2. The average molecular weight is 386 g/mol. The van der Waals surface area contributed by atoms with Gasteiger partial charge in [-0.05, 0) is 44.9 Å². The molecular weight excluding hydrogens is 363 g/mol. The Kier molecular flexibility index (Phi) is 5.31. The SMILES string of the molecule is Cc1cc(C2=NNC(=NC[C@@H]3CCCO3)SC2)c(C)n1-c1ccccc1F. The number of amidine groups is 1. The summed E-state index contributed by atoms with van der Waals surface area (Å²) in [7, 11) is 0. The largest absolute Gasteiger partial charge is 0.376 e. The predicted octanol–water partition coefficient (Wildman–Crippen LogP) is 3.81. The summed E-state index contributed by atoms with van der Waals surface area (Å²) in [6.45, 7) is 5.52. The van der Waals surface area contributed by atoms with E-state index in [1.807, 2.05) is 24.5 Å². The molecule has 0 spiro atoms. The van der Waals surface area contributed by atoms with E-state index in [9.17, 15) is 4.39 Å². The molecule has 27 heavy (non-hydrogen) atoms. The molecule has 2 aliphatic rings. The van der Waals surface area contributed by atoms with E-state index >= 15 is 0 Å². The lowest BCUT2D eigenvalue weighted by atomic mass is 10.1. The highest BCUT2D eigenvalue weighted by Gasteiger charge is 2.21. The Morgan fingerprint density at radius 3 is 2.93 bits per heavy atom. The molecule has 7 heteroatoms. The number of aryl methyl sites for hydroxylation is 1. The number of para-hydroxylation sites is 1. The van der Waals surface area contributed by atoms with Crippen LogP contribution in [0.5, 0.6) is 0 Å². The molecule has 0 saturated carbocycles. The van der Waals surface area contributed by atoms with E-state index in [1.165, 1.54) is 6.07 Å². The van der Waals surface area contributed by atoms with Crippen molar-refractivity contribution in [1.82, 2.24) is 9.99 Å². The molecule has 5 nitrogen and oxygen atoms in total. The van der Waals surface area contributed by atoms with Crippen molar-refractivity contribution in [2.24, 2.45) is 10.1 Å². The van der Waals surface area contributed by atoms with Crippen molar-refractivity contribution < 1.29 is 9.13 Å². The summed E-state index contributed by atoms with van der Waals surface area (Å²) in [6, 6.07) is 8.91. The first-order chi connectivity index (χ1) is 13.1. The molecule has 0 bridgehead atoms. The Morgan fingerprint density at radius 1 is 1.37 bits per heavy atom. The van der Waals surface area contributed by atoms with Crippen molar-refractivity contribution in [2.75, 3.05) is 18.9 Å². The lowest BCUT2D eigenvalue weighted by Crippen LogP contribution is -2.26. The van der Waals surface area contributed by atoms with Gasteiger partial charge in [-0.15, -0.1) is 0 Å². The number of hydrogen-bond donors (Lipinski definition) is 1. The molecule has 0 unspecified atom stereocenters. The number of hydrazone groups is 1. The van der Waals surface area contributed by atoms with Crippen LogP contribution in [0.3, 0.4) is 0 Å². The monoisotopic (exact) mass is 386 g/mol. The van der Waals surface area contributed by atoms with Gasteiger partial charge in [-0.2, -0.15) is 5.10 Å². The molecule has 0 amide bonds. The van der Waals surface area contributed by atoms with Crippen molar-refractivity contribution in [1.29, 1.82) is 0 Å². The van der Waals surface area contributed by atoms with Gasteiger partial charge in [0.15, 0.2) is 5.17 Å². The molecule has 0 aliphatic carbocycles. The molecule has 1 N–H and O–H groups in total. The summed E-state index contributed by atoms with van der Waals surface area (Å²) in [5, 5.41) is 5.36. The first-order valence-electron chi connectivity index (χ1n) is 9.19. The Hall–Kier alpha value is -2.12. The minimum absolute atomic E-state index is 0.229. The highest BCUT2D eigenvalue weighted by Crippen LogP contribution is 2.25. The van der Waals surface area contributed by atoms with Crippen LogP contribution in [-0.2, 0) is 4.74 Å². The number of halogens is 1. The number of nitrogens with one attached hydrogen (secondary N) is 1. The van der Waals surface area contributed by atoms with Gasteiger partial charge in [0, 0.05) is 29.3 Å². The molecule has 2 aromatic rings. The minimum Gasteiger partial charge on any atom is -0.376 e. The van der Waals surface area contributed by atoms with Gasteiger partial charge in [0.2, 0.25) is 0 Å². The third kappa shape index (κ3) is 3.80. The van der Waals surface area contributed by atoms with Crippen molar-refractivity contribution in [3.8, 4) is 5.69 Å². The van der Waals surface area contributed by atoms with Gasteiger partial charge in [-0.3, -0.25) is 10.4 Å². The molecule has 142 valence electrons. The number of nitrogens with zero attached hydrogens (tertiary/aromatic N) is 3. The van der Waals surface area contributed by atoms with Gasteiger partial charge >= 0.3 is 0 Å². The van der Waals surface area contributed by atoms with E-state index in [4.69, 9.17) is 4.74 Å². The van der Waals surface area contributed by atoms with Crippen molar-refractivity contribution in [2.45, 2.75) is 32.8 Å². The normalized spacial score (nSPS) is 21.4. The maximum absolute atomic E-state index is 14.3. The van der Waals surface area contributed by atoms with E-state index in [0.717, 1.165) is 53.0 Å². The lowest BCUT2D eigenvalue weighted by Gasteiger charge is -2.16. The maximum Gasteiger partial charge on any atom is 0.177 e. The van der Waals surface area contributed by atoms with Crippen molar-refractivity contribution in [3.05, 3.63) is 53.1 Å². The second-order valence-corrected chi connectivity index (χ2v) is 7.78. The lowest BCUT2D eigenvalue weighted by molar-refractivity contribution is 0.118. The number of aliphatic imine (C=N–C) groups is 1. The number of ether oxygens (including phenoxy) is 1. The predicted molar refractivity (Wildman–Crippen MR) is 109 cm³/mol. The fourth-order valence-corrected chi connectivity index (χ4v) is 4.34. The average Bonchev–Trinajstić information content (AvgIpc) is 3.29. The van der Waals surface area contributed by atoms with Crippen LogP contribution in [0.15, 0.2) is 40.4 Å². The summed E-state index contributed by atoms with van der Waals surface area (Å²) < 4.78 is 21.8. The maximum atomic E-state index is 14.3. The van der Waals surface area contributed by atoms with E-state index in [1.54, 1.807) is 23.9 Å². The van der Waals surface area contributed by atoms with Crippen LogP contribution >= 0.6 is 11.8 Å². The number of aromatic nitrogens is 1. The molecule has 1 saturated heterocycles. The fourth-order valence-electron chi connectivity index (χ4n) is 3.57. The highest BCUT2D eigenvalue weighted by molar-refractivity contribution is 8.14. The number of rotatable bonds is 4. The standard InChI is InChI=1S/C20H23FN4OS/c1-13-10-16(14(2)25(13)19-8-4-3-7-17(19)21)18-12-27-20(24-23-18)22-11-15-6-5-9-26-15/h3-4,7-8,10,15H,5-6,9,11-12H2,1-2H3,(H,22,24)/t15-/m0/s1. The van der Waals surface area contributed by atoms with E-state index in [0.29, 0.717) is 12.2 Å². The fraction of sp³-hybridized carbons (Fsp3) is 0.400. The second-order valence-electron chi connectivity index (χ2n) is 6.81. The third-order valence-corrected chi connectivity index (χ3v) is 5.84. The first kappa shape index (κ1) is 18.3. The summed E-state index contributed by atoms with van der Waals surface area (Å²) in [4.78, 5) is 4.58. The molecule has 0 radical (unpaired) electrons. The summed E-state index contributed by atoms with van der Waals surface area (Å²) in [5.74, 6) is 0.506. The van der Waals surface area contributed by atoms with Crippen LogP contribution in [0.4, 0.5) is 4.39 Å². The van der Waals surface area contributed by atoms with Crippen molar-refractivity contribution in [3.63, 3.8) is 0 Å². The van der Waals surface area contributed by atoms with Gasteiger partial charge < -0.3 is 9.30 Å². The molecule has 1 aromatic carbocycles. The third-order valence-electron chi connectivity index (χ3n) is 4.93. The smallest absolute Gasteiger partial charge is 0.177 e. The second kappa shape index (κ2) is 7.86. The minimum atomic E-state index is -0.229. The van der Waals surface area contributed by atoms with E-state index in [-0.39, 0.29) is 11.9 Å². The zero-order chi connectivity index (χ0) is 18.8. The quantitative estimate of drug-likeness (QED) is 0.869. The zero-order valence-electron chi connectivity index (χ0n) is 15.5. The molecule has 1 fully saturated rings. The van der Waals surface area contributed by atoms with E-state index in [2.05, 4.69) is 21.6 Å². The molecule has 1 atom stereocenters. The molecule has 4 rings (SSSR count). The Labute approximate surface area is 162 Å². The number of hydrogen-bond acceptors (Lipinski definition) is 4. The molecule has 1 aromatic heterocycles. The van der Waals surface area contributed by atoms with Crippen LogP contribution in [0, 0.1) is 19.7 Å². The summed E-state index contributed by atoms with van der Waals surface area (Å²) in [5.41, 5.74) is 7.58. The Bertz CT molecular complexity index is 899. The van der Waals surface area contributed by atoms with Crippen LogP contribution in [0.2, 0.25) is 0 Å². The van der Waals surface area contributed by atoms with Gasteiger partial charge in [0.1, 0.15) is 5.82 Å². The number of thioether (sulfide) groups is 1. The number of benzene rings is 1. The van der Waals surface area contributed by atoms with Gasteiger partial charge in [-0.1, -0.05) is 23.9 Å². The van der Waals surface area contributed by atoms with Crippen molar-refractivity contribution >= 4 is 22.6 Å².